The van der Waals surface area contributed by atoms with Crippen LogP contribution in [0, 0.1) is 29.5 Å². The van der Waals surface area contributed by atoms with Gasteiger partial charge < -0.3 is 10.4 Å². The SMILES string of the molecule is CCC(c1ccc(C(=O)NCCC(=O)O)cc1)C1C(=O)C(c2cc(F)cc(Cl)c2)=NC2(CCC(C(C)C)CC2)C1C. The zero-order chi connectivity index (χ0) is 29.9. The van der Waals surface area contributed by atoms with Crippen LogP contribution in [0.4, 0.5) is 4.39 Å². The lowest BCUT2D eigenvalue weighted by molar-refractivity contribution is -0.136. The second kappa shape index (κ2) is 12.8. The van der Waals surface area contributed by atoms with Crippen LogP contribution in [-0.2, 0) is 9.59 Å². The van der Waals surface area contributed by atoms with E-state index in [1.807, 2.05) is 12.1 Å². The van der Waals surface area contributed by atoms with Gasteiger partial charge in [0.1, 0.15) is 11.5 Å². The number of amides is 1. The Bertz CT molecular complexity index is 1290. The van der Waals surface area contributed by atoms with Crippen LogP contribution in [-0.4, -0.2) is 40.6 Å². The Balaban J connectivity index is 1.69. The first-order valence-corrected chi connectivity index (χ1v) is 15.0. The van der Waals surface area contributed by atoms with E-state index in [0.717, 1.165) is 31.2 Å². The standard InChI is InChI=1S/C33H40ClFN2O4/c1-5-27(22-6-8-23(9-7-22)32(41)36-15-12-28(38)39)29-20(4)33(13-10-21(11-14-33)19(2)3)37-30(31(29)40)24-16-25(34)18-26(35)17-24/h6-9,16-21,27,29H,5,10-15H2,1-4H3,(H,36,41)(H,38,39). The van der Waals surface area contributed by atoms with Crippen LogP contribution in [0.2, 0.25) is 5.02 Å². The molecule has 0 bridgehead atoms. The summed E-state index contributed by atoms with van der Waals surface area (Å²) in [5.41, 5.74) is 1.69. The molecule has 2 aliphatic rings. The number of carboxylic acids is 1. The van der Waals surface area contributed by atoms with E-state index in [1.54, 1.807) is 18.2 Å². The van der Waals surface area contributed by atoms with E-state index < -0.39 is 17.3 Å². The Hall–Kier alpha value is -3.06. The maximum atomic E-state index is 14.5. The number of nitrogens with zero attached hydrogens (tertiary/aromatic N) is 1. The zero-order valence-corrected chi connectivity index (χ0v) is 25.0. The molecule has 220 valence electrons. The van der Waals surface area contributed by atoms with E-state index >= 15 is 0 Å². The van der Waals surface area contributed by atoms with Gasteiger partial charge >= 0.3 is 5.97 Å². The summed E-state index contributed by atoms with van der Waals surface area (Å²) in [6, 6.07) is 11.4. The second-order valence-corrected chi connectivity index (χ2v) is 12.5. The highest BCUT2D eigenvalue weighted by molar-refractivity contribution is 6.48. The number of hydrogen-bond acceptors (Lipinski definition) is 4. The predicted octanol–water partition coefficient (Wildman–Crippen LogP) is 7.09. The number of rotatable bonds is 9. The molecule has 0 radical (unpaired) electrons. The van der Waals surface area contributed by atoms with Crippen molar-refractivity contribution in [3.63, 3.8) is 0 Å². The van der Waals surface area contributed by atoms with Crippen molar-refractivity contribution < 1.29 is 23.9 Å². The van der Waals surface area contributed by atoms with Crippen molar-refractivity contribution in [2.45, 2.75) is 77.7 Å². The second-order valence-electron chi connectivity index (χ2n) is 12.0. The van der Waals surface area contributed by atoms with Crippen LogP contribution in [0.25, 0.3) is 0 Å². The van der Waals surface area contributed by atoms with Crippen molar-refractivity contribution in [3.05, 3.63) is 70.0 Å². The van der Waals surface area contributed by atoms with Crippen LogP contribution in [0.15, 0.2) is 47.5 Å². The molecule has 2 N–H and O–H groups in total. The molecule has 41 heavy (non-hydrogen) atoms. The van der Waals surface area contributed by atoms with Crippen LogP contribution < -0.4 is 5.32 Å². The number of ketones is 1. The summed E-state index contributed by atoms with van der Waals surface area (Å²) in [5, 5.41) is 11.7. The van der Waals surface area contributed by atoms with Crippen LogP contribution >= 0.6 is 11.6 Å². The van der Waals surface area contributed by atoms with E-state index in [1.165, 1.54) is 12.1 Å². The van der Waals surface area contributed by atoms with E-state index in [0.29, 0.717) is 35.1 Å². The monoisotopic (exact) mass is 582 g/mol. The number of halogens is 2. The molecule has 6 nitrogen and oxygen atoms in total. The van der Waals surface area contributed by atoms with E-state index in [-0.39, 0.29) is 47.4 Å². The molecular formula is C33H40ClFN2O4. The number of carbonyl (C=O) groups excluding carboxylic acids is 2. The molecule has 1 fully saturated rings. The highest BCUT2D eigenvalue weighted by atomic mass is 35.5. The van der Waals surface area contributed by atoms with Gasteiger partial charge in [0.2, 0.25) is 0 Å². The quantitative estimate of drug-likeness (QED) is 0.330. The highest BCUT2D eigenvalue weighted by Gasteiger charge is 2.51. The van der Waals surface area contributed by atoms with Gasteiger partial charge in [0.05, 0.1) is 12.0 Å². The number of Topliss-reactive ketones (excluding diaryl/α,β-unsaturated/α-hetero) is 1. The van der Waals surface area contributed by atoms with Crippen molar-refractivity contribution >= 4 is 35.0 Å². The average Bonchev–Trinajstić information content (AvgIpc) is 2.93. The first-order valence-electron chi connectivity index (χ1n) is 14.7. The van der Waals surface area contributed by atoms with E-state index in [4.69, 9.17) is 21.7 Å². The molecule has 2 aromatic rings. The maximum Gasteiger partial charge on any atom is 0.305 e. The van der Waals surface area contributed by atoms with Crippen LogP contribution in [0.5, 0.6) is 0 Å². The minimum Gasteiger partial charge on any atom is -0.481 e. The molecule has 1 aliphatic heterocycles. The maximum absolute atomic E-state index is 14.5. The Labute approximate surface area is 246 Å². The largest absolute Gasteiger partial charge is 0.481 e. The van der Waals surface area contributed by atoms with Gasteiger partial charge in [-0.05, 0) is 91.7 Å². The molecule has 4 rings (SSSR count). The Morgan fingerprint density at radius 3 is 2.37 bits per heavy atom. The number of benzene rings is 2. The Morgan fingerprint density at radius 2 is 1.80 bits per heavy atom. The molecule has 1 saturated carbocycles. The number of hydrogen-bond donors (Lipinski definition) is 2. The fraction of sp³-hybridized carbons (Fsp3) is 0.515. The fourth-order valence-electron chi connectivity index (χ4n) is 6.86. The first-order chi connectivity index (χ1) is 19.5. The molecule has 8 heteroatoms. The number of carbonyl (C=O) groups is 3. The van der Waals surface area contributed by atoms with Gasteiger partial charge in [-0.15, -0.1) is 0 Å². The Morgan fingerprint density at radius 1 is 1.15 bits per heavy atom. The molecule has 2 aromatic carbocycles. The molecule has 0 aromatic heterocycles. The molecular weight excluding hydrogens is 543 g/mol. The minimum absolute atomic E-state index is 0.0279. The summed E-state index contributed by atoms with van der Waals surface area (Å²) in [6.07, 6.45) is 4.37. The lowest BCUT2D eigenvalue weighted by Crippen LogP contribution is -2.52. The number of carboxylic acid groups (broad SMARTS) is 1. The lowest BCUT2D eigenvalue weighted by Gasteiger charge is -2.49. The first kappa shape index (κ1) is 30.9. The molecule has 1 aliphatic carbocycles. The summed E-state index contributed by atoms with van der Waals surface area (Å²) in [4.78, 5) is 42.7. The molecule has 3 atom stereocenters. The molecule has 1 amide bonds. The minimum atomic E-state index is -0.975. The van der Waals surface area contributed by atoms with Gasteiger partial charge in [-0.1, -0.05) is 51.4 Å². The van der Waals surface area contributed by atoms with Gasteiger partial charge in [-0.3, -0.25) is 19.4 Å². The third-order valence-corrected chi connectivity index (χ3v) is 9.55. The van der Waals surface area contributed by atoms with Gasteiger partial charge in [-0.25, -0.2) is 4.39 Å². The molecule has 1 heterocycles. The topological polar surface area (TPSA) is 95.8 Å². The number of aliphatic imine (C=N–C) groups is 1. The summed E-state index contributed by atoms with van der Waals surface area (Å²) in [5.74, 6) is -1.25. The fourth-order valence-corrected chi connectivity index (χ4v) is 7.09. The van der Waals surface area contributed by atoms with E-state index in [9.17, 15) is 18.8 Å². The van der Waals surface area contributed by atoms with Crippen LogP contribution in [0.1, 0.15) is 93.6 Å². The number of aliphatic carboxylic acids is 1. The van der Waals surface area contributed by atoms with E-state index in [2.05, 4.69) is 33.0 Å². The molecule has 3 unspecified atom stereocenters. The van der Waals surface area contributed by atoms with Gasteiger partial charge in [0.25, 0.3) is 5.91 Å². The van der Waals surface area contributed by atoms with Crippen molar-refractivity contribution in [2.24, 2.45) is 28.7 Å². The van der Waals surface area contributed by atoms with Gasteiger partial charge in [-0.2, -0.15) is 0 Å². The summed E-state index contributed by atoms with van der Waals surface area (Å²) < 4.78 is 14.5. The average molecular weight is 583 g/mol. The normalized spacial score (nSPS) is 25.2. The van der Waals surface area contributed by atoms with Crippen molar-refractivity contribution in [2.75, 3.05) is 6.54 Å². The predicted molar refractivity (Wildman–Crippen MR) is 159 cm³/mol. The van der Waals surface area contributed by atoms with Gasteiger partial charge in [0.15, 0.2) is 5.78 Å². The van der Waals surface area contributed by atoms with Crippen molar-refractivity contribution in [3.8, 4) is 0 Å². The zero-order valence-electron chi connectivity index (χ0n) is 24.3. The van der Waals surface area contributed by atoms with Crippen molar-refractivity contribution in [1.29, 1.82) is 0 Å². The van der Waals surface area contributed by atoms with Gasteiger partial charge in [0, 0.05) is 28.6 Å². The Kier molecular flexibility index (Phi) is 9.68. The third kappa shape index (κ3) is 6.72. The number of nitrogens with one attached hydrogen (secondary N) is 1. The molecule has 1 spiro atoms. The molecule has 0 saturated heterocycles. The highest BCUT2D eigenvalue weighted by Crippen LogP contribution is 2.51. The van der Waals surface area contributed by atoms with Crippen molar-refractivity contribution in [1.82, 2.24) is 5.32 Å². The van der Waals surface area contributed by atoms with Crippen LogP contribution in [0.3, 0.4) is 0 Å². The summed E-state index contributed by atoms with van der Waals surface area (Å²) >= 11 is 6.22. The summed E-state index contributed by atoms with van der Waals surface area (Å²) in [7, 11) is 0. The smallest absolute Gasteiger partial charge is 0.305 e. The lowest BCUT2D eigenvalue weighted by atomic mass is 9.59. The summed E-state index contributed by atoms with van der Waals surface area (Å²) in [6.45, 7) is 8.76. The third-order valence-electron chi connectivity index (χ3n) is 9.33.